The number of pyridine rings is 1. The van der Waals surface area contributed by atoms with Gasteiger partial charge >= 0.3 is 6.18 Å². The molecule has 1 amide bonds. The molecule has 2 aromatic rings. The van der Waals surface area contributed by atoms with Gasteiger partial charge in [0, 0.05) is 15.3 Å². The monoisotopic (exact) mass is 442 g/mol. The Labute approximate surface area is 140 Å². The molecule has 0 unspecified atom stereocenters. The fourth-order valence-corrected chi connectivity index (χ4v) is 2.20. The Morgan fingerprint density at radius 1 is 1.27 bits per heavy atom. The Kier molecular flexibility index (Phi) is 4.81. The van der Waals surface area contributed by atoms with Crippen LogP contribution in [0.25, 0.3) is 0 Å². The fraction of sp³-hybridized carbons (Fsp3) is 0.0769. The Balaban J connectivity index is 2.32. The molecule has 2 rings (SSSR count). The van der Waals surface area contributed by atoms with Gasteiger partial charge in [0.05, 0.1) is 10.6 Å². The largest absolute Gasteiger partial charge is 0.417 e. The number of hydrogen-bond acceptors (Lipinski definition) is 2. The Hall–Kier alpha value is -1.55. The molecule has 1 heterocycles. The number of aromatic nitrogens is 1. The van der Waals surface area contributed by atoms with Crippen molar-refractivity contribution >= 4 is 45.8 Å². The van der Waals surface area contributed by atoms with E-state index in [0.29, 0.717) is 20.9 Å². The van der Waals surface area contributed by atoms with Crippen LogP contribution in [0.15, 0.2) is 35.3 Å². The molecule has 0 saturated carbocycles. The zero-order chi connectivity index (χ0) is 16.5. The van der Waals surface area contributed by atoms with E-state index in [1.165, 1.54) is 18.2 Å². The molecule has 4 nitrogen and oxygen atoms in total. The van der Waals surface area contributed by atoms with E-state index in [1.54, 1.807) is 0 Å². The van der Waals surface area contributed by atoms with Gasteiger partial charge < -0.3 is 10.3 Å². The van der Waals surface area contributed by atoms with Crippen LogP contribution in [-0.2, 0) is 6.18 Å². The molecular formula is C13H7ClF3IN2O2. The maximum atomic E-state index is 12.6. The van der Waals surface area contributed by atoms with E-state index in [4.69, 9.17) is 11.6 Å². The SMILES string of the molecule is O=C(Nc1cc(C(F)(F)F)c[nH]c1=O)c1ccc(Cl)c(I)c1. The molecular weight excluding hydrogens is 436 g/mol. The van der Waals surface area contributed by atoms with Crippen LogP contribution in [-0.4, -0.2) is 10.9 Å². The van der Waals surface area contributed by atoms with Gasteiger partial charge in [-0.15, -0.1) is 0 Å². The molecule has 0 atom stereocenters. The number of alkyl halides is 3. The second-order valence-electron chi connectivity index (χ2n) is 4.21. The lowest BCUT2D eigenvalue weighted by Crippen LogP contribution is -2.21. The van der Waals surface area contributed by atoms with Gasteiger partial charge in [0.25, 0.3) is 11.5 Å². The lowest BCUT2D eigenvalue weighted by molar-refractivity contribution is -0.137. The smallest absolute Gasteiger partial charge is 0.327 e. The number of nitrogens with one attached hydrogen (secondary N) is 2. The normalized spacial score (nSPS) is 11.3. The maximum Gasteiger partial charge on any atom is 0.417 e. The van der Waals surface area contributed by atoms with Crippen LogP contribution in [0.1, 0.15) is 15.9 Å². The average molecular weight is 443 g/mol. The van der Waals surface area contributed by atoms with Gasteiger partial charge in [-0.05, 0) is 46.9 Å². The summed E-state index contributed by atoms with van der Waals surface area (Å²) >= 11 is 7.73. The maximum absolute atomic E-state index is 12.6. The number of aromatic amines is 1. The summed E-state index contributed by atoms with van der Waals surface area (Å²) in [5.74, 6) is -0.709. The third-order valence-corrected chi connectivity index (χ3v) is 4.20. The molecule has 1 aromatic heterocycles. The van der Waals surface area contributed by atoms with Crippen molar-refractivity contribution in [2.24, 2.45) is 0 Å². The van der Waals surface area contributed by atoms with Crippen molar-refractivity contribution < 1.29 is 18.0 Å². The zero-order valence-electron chi connectivity index (χ0n) is 10.6. The van der Waals surface area contributed by atoms with Crippen molar-refractivity contribution in [2.45, 2.75) is 6.18 Å². The van der Waals surface area contributed by atoms with Crippen LogP contribution < -0.4 is 10.9 Å². The molecule has 22 heavy (non-hydrogen) atoms. The number of H-pyrrole nitrogens is 1. The van der Waals surface area contributed by atoms with E-state index in [0.717, 1.165) is 0 Å². The highest BCUT2D eigenvalue weighted by Gasteiger charge is 2.31. The number of anilines is 1. The average Bonchev–Trinajstić information content (AvgIpc) is 2.43. The predicted molar refractivity (Wildman–Crippen MR) is 84.2 cm³/mol. The highest BCUT2D eigenvalue weighted by Crippen LogP contribution is 2.29. The molecule has 2 N–H and O–H groups in total. The second kappa shape index (κ2) is 6.29. The van der Waals surface area contributed by atoms with Gasteiger partial charge in [0.1, 0.15) is 5.69 Å². The summed E-state index contributed by atoms with van der Waals surface area (Å²) in [4.78, 5) is 25.5. The van der Waals surface area contributed by atoms with Gasteiger partial charge in [-0.3, -0.25) is 9.59 Å². The first-order valence-corrected chi connectivity index (χ1v) is 7.20. The number of benzene rings is 1. The molecule has 0 aliphatic heterocycles. The minimum atomic E-state index is -4.63. The predicted octanol–water partition coefficient (Wildman–Crippen LogP) is 3.90. The minimum Gasteiger partial charge on any atom is -0.327 e. The van der Waals surface area contributed by atoms with Gasteiger partial charge in [0.15, 0.2) is 0 Å². The van der Waals surface area contributed by atoms with Crippen LogP contribution in [0, 0.1) is 3.57 Å². The van der Waals surface area contributed by atoms with Crippen molar-refractivity contribution in [1.82, 2.24) is 4.98 Å². The Morgan fingerprint density at radius 3 is 2.55 bits per heavy atom. The van der Waals surface area contributed by atoms with Crippen LogP contribution >= 0.6 is 34.2 Å². The van der Waals surface area contributed by atoms with Crippen LogP contribution in [0.5, 0.6) is 0 Å². The van der Waals surface area contributed by atoms with E-state index >= 15 is 0 Å². The quantitative estimate of drug-likeness (QED) is 0.693. The van der Waals surface area contributed by atoms with Gasteiger partial charge in [-0.25, -0.2) is 0 Å². The van der Waals surface area contributed by atoms with Crippen LogP contribution in [0.2, 0.25) is 5.02 Å². The van der Waals surface area contributed by atoms with Crippen molar-refractivity contribution in [3.05, 3.63) is 60.5 Å². The lowest BCUT2D eigenvalue weighted by Gasteiger charge is -2.09. The zero-order valence-corrected chi connectivity index (χ0v) is 13.5. The van der Waals surface area contributed by atoms with E-state index in [9.17, 15) is 22.8 Å². The molecule has 0 fully saturated rings. The summed E-state index contributed by atoms with van der Waals surface area (Å²) in [6.07, 6.45) is -4.08. The van der Waals surface area contributed by atoms with E-state index in [-0.39, 0.29) is 5.56 Å². The van der Waals surface area contributed by atoms with Crippen LogP contribution in [0.4, 0.5) is 18.9 Å². The first-order valence-electron chi connectivity index (χ1n) is 5.75. The summed E-state index contributed by atoms with van der Waals surface area (Å²) in [6, 6.07) is 4.92. The Morgan fingerprint density at radius 2 is 1.95 bits per heavy atom. The number of halogens is 5. The molecule has 1 aromatic carbocycles. The molecule has 0 radical (unpaired) electrons. The van der Waals surface area contributed by atoms with Gasteiger partial charge in [-0.2, -0.15) is 13.2 Å². The van der Waals surface area contributed by atoms with Gasteiger partial charge in [0.2, 0.25) is 0 Å². The minimum absolute atomic E-state index is 0.172. The molecule has 0 aliphatic carbocycles. The first-order chi connectivity index (χ1) is 10.2. The molecule has 0 aliphatic rings. The molecule has 116 valence electrons. The van der Waals surface area contributed by atoms with E-state index in [2.05, 4.69) is 5.32 Å². The molecule has 0 saturated heterocycles. The summed E-state index contributed by atoms with van der Waals surface area (Å²) in [5, 5.41) is 2.60. The third-order valence-electron chi connectivity index (χ3n) is 2.66. The number of carbonyl (C=O) groups excluding carboxylic acids is 1. The molecule has 0 spiro atoms. The Bertz CT molecular complexity index is 790. The fourth-order valence-electron chi connectivity index (χ4n) is 1.57. The summed E-state index contributed by atoms with van der Waals surface area (Å²) in [5.41, 5.74) is -2.20. The standard InChI is InChI=1S/C13H7ClF3IN2O2/c14-8-2-1-6(3-9(8)18)11(21)20-10-4-7(13(15,16)17)5-19-12(10)22/h1-5H,(H,19,22)(H,20,21). The van der Waals surface area contributed by atoms with E-state index < -0.39 is 28.9 Å². The molecule has 0 bridgehead atoms. The van der Waals surface area contributed by atoms with Crippen molar-refractivity contribution in [3.63, 3.8) is 0 Å². The summed E-state index contributed by atoms with van der Waals surface area (Å²) in [6.45, 7) is 0. The van der Waals surface area contributed by atoms with Crippen molar-refractivity contribution in [2.75, 3.05) is 5.32 Å². The third kappa shape index (κ3) is 3.80. The topological polar surface area (TPSA) is 62.0 Å². The van der Waals surface area contributed by atoms with Crippen LogP contribution in [0.3, 0.4) is 0 Å². The molecule has 9 heteroatoms. The summed E-state index contributed by atoms with van der Waals surface area (Å²) < 4.78 is 38.4. The lowest BCUT2D eigenvalue weighted by atomic mass is 10.2. The summed E-state index contributed by atoms with van der Waals surface area (Å²) in [7, 11) is 0. The van der Waals surface area contributed by atoms with Gasteiger partial charge in [-0.1, -0.05) is 11.6 Å². The van der Waals surface area contributed by atoms with Crippen molar-refractivity contribution in [3.8, 4) is 0 Å². The van der Waals surface area contributed by atoms with Crippen molar-refractivity contribution in [1.29, 1.82) is 0 Å². The number of carbonyl (C=O) groups is 1. The highest BCUT2D eigenvalue weighted by molar-refractivity contribution is 14.1. The number of rotatable bonds is 2. The first kappa shape index (κ1) is 16.8. The highest BCUT2D eigenvalue weighted by atomic mass is 127. The second-order valence-corrected chi connectivity index (χ2v) is 5.78. The van der Waals surface area contributed by atoms with E-state index in [1.807, 2.05) is 27.6 Å². The number of amides is 1. The number of hydrogen-bond donors (Lipinski definition) is 2.